The SMILES string of the molecule is O=S(=O)(NCCCOc1ccccc1)c1cnc(Cl)nc1. The van der Waals surface area contributed by atoms with Crippen LogP contribution in [-0.4, -0.2) is 31.5 Å². The molecule has 2 rings (SSSR count). The number of halogens is 1. The fourth-order valence-corrected chi connectivity index (χ4v) is 2.57. The second kappa shape index (κ2) is 7.35. The van der Waals surface area contributed by atoms with Gasteiger partial charge in [0.2, 0.25) is 15.3 Å². The standard InChI is InChI=1S/C13H14ClN3O3S/c14-13-15-9-12(10-16-13)21(18,19)17-7-4-8-20-11-5-2-1-3-6-11/h1-3,5-6,9-10,17H,4,7-8H2. The highest BCUT2D eigenvalue weighted by Crippen LogP contribution is 2.09. The lowest BCUT2D eigenvalue weighted by atomic mass is 10.3. The molecular weight excluding hydrogens is 314 g/mol. The molecule has 21 heavy (non-hydrogen) atoms. The van der Waals surface area contributed by atoms with E-state index in [1.54, 1.807) is 0 Å². The minimum absolute atomic E-state index is 0.00483. The predicted molar refractivity (Wildman–Crippen MR) is 78.8 cm³/mol. The molecule has 2 aromatic rings. The summed E-state index contributed by atoms with van der Waals surface area (Å²) in [6.45, 7) is 0.682. The Morgan fingerprint density at radius 2 is 1.81 bits per heavy atom. The Hall–Kier alpha value is -1.70. The van der Waals surface area contributed by atoms with Crippen LogP contribution in [0, 0.1) is 0 Å². The van der Waals surface area contributed by atoms with Crippen LogP contribution in [0.1, 0.15) is 6.42 Å². The molecule has 0 spiro atoms. The summed E-state index contributed by atoms with van der Waals surface area (Å²) in [5.41, 5.74) is 0. The maximum absolute atomic E-state index is 11.9. The van der Waals surface area contributed by atoms with Crippen LogP contribution in [0.4, 0.5) is 0 Å². The van der Waals surface area contributed by atoms with E-state index in [0.29, 0.717) is 13.0 Å². The van der Waals surface area contributed by atoms with Crippen molar-refractivity contribution in [3.05, 3.63) is 48.0 Å². The molecule has 0 saturated heterocycles. The summed E-state index contributed by atoms with van der Waals surface area (Å²) in [6, 6.07) is 9.33. The van der Waals surface area contributed by atoms with Gasteiger partial charge in [-0.25, -0.2) is 23.1 Å². The highest BCUT2D eigenvalue weighted by atomic mass is 35.5. The van der Waals surface area contributed by atoms with Gasteiger partial charge in [0.25, 0.3) is 0 Å². The van der Waals surface area contributed by atoms with E-state index in [-0.39, 0.29) is 16.7 Å². The fraction of sp³-hybridized carbons (Fsp3) is 0.231. The van der Waals surface area contributed by atoms with Gasteiger partial charge in [-0.1, -0.05) is 18.2 Å². The average Bonchev–Trinajstić information content (AvgIpc) is 2.48. The van der Waals surface area contributed by atoms with Crippen molar-refractivity contribution < 1.29 is 13.2 Å². The highest BCUT2D eigenvalue weighted by molar-refractivity contribution is 7.89. The number of rotatable bonds is 7. The Morgan fingerprint density at radius 1 is 1.14 bits per heavy atom. The maximum Gasteiger partial charge on any atom is 0.243 e. The van der Waals surface area contributed by atoms with E-state index < -0.39 is 10.0 Å². The van der Waals surface area contributed by atoms with Gasteiger partial charge >= 0.3 is 0 Å². The van der Waals surface area contributed by atoms with Crippen LogP contribution in [0.25, 0.3) is 0 Å². The molecule has 0 radical (unpaired) electrons. The van der Waals surface area contributed by atoms with E-state index in [0.717, 1.165) is 18.1 Å². The van der Waals surface area contributed by atoms with Crippen molar-refractivity contribution in [2.45, 2.75) is 11.3 Å². The van der Waals surface area contributed by atoms with E-state index in [4.69, 9.17) is 16.3 Å². The number of nitrogens with one attached hydrogen (secondary N) is 1. The number of nitrogens with zero attached hydrogens (tertiary/aromatic N) is 2. The summed E-state index contributed by atoms with van der Waals surface area (Å²) < 4.78 is 31.7. The van der Waals surface area contributed by atoms with Crippen LogP contribution < -0.4 is 9.46 Å². The van der Waals surface area contributed by atoms with Crippen molar-refractivity contribution in [2.75, 3.05) is 13.2 Å². The van der Waals surface area contributed by atoms with Crippen LogP contribution in [0.2, 0.25) is 5.28 Å². The lowest BCUT2D eigenvalue weighted by Crippen LogP contribution is -2.26. The van der Waals surface area contributed by atoms with Crippen molar-refractivity contribution in [1.82, 2.24) is 14.7 Å². The quantitative estimate of drug-likeness (QED) is 0.620. The first-order valence-electron chi connectivity index (χ1n) is 6.23. The molecule has 1 aromatic heterocycles. The van der Waals surface area contributed by atoms with Crippen molar-refractivity contribution in [1.29, 1.82) is 0 Å². The van der Waals surface area contributed by atoms with Crippen molar-refractivity contribution >= 4 is 21.6 Å². The monoisotopic (exact) mass is 327 g/mol. The molecule has 112 valence electrons. The first-order valence-corrected chi connectivity index (χ1v) is 8.09. The molecule has 0 fully saturated rings. The molecule has 0 unspecified atom stereocenters. The number of sulfonamides is 1. The third-order valence-corrected chi connectivity index (χ3v) is 4.14. The number of aromatic nitrogens is 2. The molecule has 0 aliphatic rings. The lowest BCUT2D eigenvalue weighted by Gasteiger charge is -2.07. The van der Waals surface area contributed by atoms with Gasteiger partial charge in [-0.2, -0.15) is 0 Å². The first kappa shape index (κ1) is 15.7. The summed E-state index contributed by atoms with van der Waals surface area (Å²) in [4.78, 5) is 7.26. The molecule has 1 N–H and O–H groups in total. The van der Waals surface area contributed by atoms with Gasteiger partial charge in [0.15, 0.2) is 0 Å². The second-order valence-electron chi connectivity index (χ2n) is 4.10. The Bertz CT molecular complexity index is 663. The van der Waals surface area contributed by atoms with E-state index in [2.05, 4.69) is 14.7 Å². The molecule has 0 saturated carbocycles. The zero-order chi connectivity index (χ0) is 15.1. The van der Waals surface area contributed by atoms with E-state index in [1.165, 1.54) is 0 Å². The topological polar surface area (TPSA) is 81.2 Å². The summed E-state index contributed by atoms with van der Waals surface area (Å²) in [7, 11) is -3.61. The van der Waals surface area contributed by atoms with E-state index in [1.807, 2.05) is 30.3 Å². The van der Waals surface area contributed by atoms with Gasteiger partial charge in [0.05, 0.1) is 19.0 Å². The Balaban J connectivity index is 1.76. The smallest absolute Gasteiger partial charge is 0.243 e. The van der Waals surface area contributed by atoms with E-state index >= 15 is 0 Å². The molecule has 0 amide bonds. The molecule has 0 aliphatic carbocycles. The first-order chi connectivity index (χ1) is 10.1. The maximum atomic E-state index is 11.9. The molecule has 6 nitrogen and oxygen atoms in total. The number of para-hydroxylation sites is 1. The van der Waals surface area contributed by atoms with Crippen molar-refractivity contribution in [3.63, 3.8) is 0 Å². The lowest BCUT2D eigenvalue weighted by molar-refractivity contribution is 0.311. The van der Waals surface area contributed by atoms with Crippen LogP contribution in [0.15, 0.2) is 47.6 Å². The van der Waals surface area contributed by atoms with Gasteiger partial charge < -0.3 is 4.74 Å². The van der Waals surface area contributed by atoms with Crippen LogP contribution >= 0.6 is 11.6 Å². The van der Waals surface area contributed by atoms with E-state index in [9.17, 15) is 8.42 Å². The van der Waals surface area contributed by atoms with Gasteiger partial charge in [0.1, 0.15) is 10.6 Å². The van der Waals surface area contributed by atoms with Crippen LogP contribution in [0.5, 0.6) is 5.75 Å². The normalized spacial score (nSPS) is 11.3. The minimum Gasteiger partial charge on any atom is -0.494 e. The molecule has 0 aliphatic heterocycles. The third kappa shape index (κ3) is 4.96. The fourth-order valence-electron chi connectivity index (χ4n) is 1.51. The van der Waals surface area contributed by atoms with Crippen molar-refractivity contribution in [3.8, 4) is 5.75 Å². The number of ether oxygens (including phenoxy) is 1. The Morgan fingerprint density at radius 3 is 2.48 bits per heavy atom. The molecule has 8 heteroatoms. The Kier molecular flexibility index (Phi) is 5.49. The van der Waals surface area contributed by atoms with Crippen LogP contribution in [0.3, 0.4) is 0 Å². The number of benzene rings is 1. The number of hydrogen-bond donors (Lipinski definition) is 1. The molecule has 1 heterocycles. The van der Waals surface area contributed by atoms with Gasteiger partial charge in [-0.3, -0.25) is 0 Å². The minimum atomic E-state index is -3.61. The van der Waals surface area contributed by atoms with Crippen molar-refractivity contribution in [2.24, 2.45) is 0 Å². The molecule has 1 aromatic carbocycles. The molecule has 0 bridgehead atoms. The van der Waals surface area contributed by atoms with Crippen LogP contribution in [-0.2, 0) is 10.0 Å². The van der Waals surface area contributed by atoms with Gasteiger partial charge in [0, 0.05) is 6.54 Å². The predicted octanol–water partition coefficient (Wildman–Crippen LogP) is 1.88. The molecule has 0 atom stereocenters. The zero-order valence-corrected chi connectivity index (χ0v) is 12.6. The second-order valence-corrected chi connectivity index (χ2v) is 6.21. The third-order valence-electron chi connectivity index (χ3n) is 2.53. The summed E-state index contributed by atoms with van der Waals surface area (Å²) in [5.74, 6) is 0.756. The Labute approximate surface area is 128 Å². The van der Waals surface area contributed by atoms with Gasteiger partial charge in [-0.15, -0.1) is 0 Å². The number of hydrogen-bond acceptors (Lipinski definition) is 5. The molecular formula is C13H14ClN3O3S. The summed E-state index contributed by atoms with van der Waals surface area (Å²) in [5, 5.41) is 0.00483. The summed E-state index contributed by atoms with van der Waals surface area (Å²) >= 11 is 5.51. The average molecular weight is 328 g/mol. The highest BCUT2D eigenvalue weighted by Gasteiger charge is 2.14. The largest absolute Gasteiger partial charge is 0.494 e. The zero-order valence-electron chi connectivity index (χ0n) is 11.1. The summed E-state index contributed by atoms with van der Waals surface area (Å²) in [6.07, 6.45) is 2.87. The van der Waals surface area contributed by atoms with Gasteiger partial charge in [-0.05, 0) is 30.2 Å².